The number of hydrogen-bond donors (Lipinski definition) is 1. The van der Waals surface area contributed by atoms with Crippen molar-refractivity contribution in [2.45, 2.75) is 14.0 Å². The lowest BCUT2D eigenvalue weighted by Gasteiger charge is -1.98. The normalized spacial score (nSPS) is 9.62. The molecule has 1 aromatic carbocycles. The Bertz CT molecular complexity index is 398. The Morgan fingerprint density at radius 1 is 1.23 bits per heavy atom. The molecule has 0 aliphatic carbocycles. The molecule has 0 atom stereocenters. The molecule has 2 nitrogen and oxygen atoms in total. The molecule has 0 saturated heterocycles. The van der Waals surface area contributed by atoms with E-state index in [1.54, 1.807) is 6.20 Å². The SMILES string of the molecule is C.OCc1ccc2cccnc2c1. The molecular formula is C11H13NO. The van der Waals surface area contributed by atoms with Crippen LogP contribution in [0.25, 0.3) is 10.9 Å². The predicted octanol–water partition coefficient (Wildman–Crippen LogP) is 2.36. The summed E-state index contributed by atoms with van der Waals surface area (Å²) in [6.07, 6.45) is 1.75. The summed E-state index contributed by atoms with van der Waals surface area (Å²) in [5.41, 5.74) is 1.84. The highest BCUT2D eigenvalue weighted by Gasteiger charge is 1.94. The van der Waals surface area contributed by atoms with Gasteiger partial charge in [0, 0.05) is 11.6 Å². The molecule has 0 amide bonds. The van der Waals surface area contributed by atoms with Crippen LogP contribution < -0.4 is 0 Å². The topological polar surface area (TPSA) is 33.1 Å². The minimum Gasteiger partial charge on any atom is -0.392 e. The zero-order valence-corrected chi connectivity index (χ0v) is 6.57. The van der Waals surface area contributed by atoms with Crippen molar-refractivity contribution in [2.24, 2.45) is 0 Å². The van der Waals surface area contributed by atoms with E-state index in [4.69, 9.17) is 5.11 Å². The molecule has 0 aliphatic rings. The van der Waals surface area contributed by atoms with Crippen LogP contribution in [0.3, 0.4) is 0 Å². The third-order valence-corrected chi connectivity index (χ3v) is 1.85. The van der Waals surface area contributed by atoms with E-state index >= 15 is 0 Å². The van der Waals surface area contributed by atoms with E-state index < -0.39 is 0 Å². The summed E-state index contributed by atoms with van der Waals surface area (Å²) in [6.45, 7) is 0.0759. The number of fused-ring (bicyclic) bond motifs is 1. The predicted molar refractivity (Wildman–Crippen MR) is 54.4 cm³/mol. The number of nitrogens with zero attached hydrogens (tertiary/aromatic N) is 1. The van der Waals surface area contributed by atoms with E-state index in [9.17, 15) is 0 Å². The van der Waals surface area contributed by atoms with Crippen molar-refractivity contribution in [3.63, 3.8) is 0 Å². The van der Waals surface area contributed by atoms with Crippen LogP contribution in [0, 0.1) is 0 Å². The molecular weight excluding hydrogens is 162 g/mol. The van der Waals surface area contributed by atoms with Gasteiger partial charge in [0.05, 0.1) is 12.1 Å². The van der Waals surface area contributed by atoms with Gasteiger partial charge in [0.1, 0.15) is 0 Å². The maximum atomic E-state index is 8.87. The van der Waals surface area contributed by atoms with Gasteiger partial charge in [-0.25, -0.2) is 0 Å². The second-order valence-corrected chi connectivity index (χ2v) is 2.69. The average Bonchev–Trinajstić information content (AvgIpc) is 2.17. The van der Waals surface area contributed by atoms with Gasteiger partial charge in [0.25, 0.3) is 0 Å². The van der Waals surface area contributed by atoms with Gasteiger partial charge in [-0.15, -0.1) is 0 Å². The van der Waals surface area contributed by atoms with Crippen LogP contribution >= 0.6 is 0 Å². The van der Waals surface area contributed by atoms with Crippen LogP contribution in [0.4, 0.5) is 0 Å². The van der Waals surface area contributed by atoms with Crippen LogP contribution in [0.5, 0.6) is 0 Å². The van der Waals surface area contributed by atoms with Crippen LogP contribution in [0.2, 0.25) is 0 Å². The Labute approximate surface area is 77.9 Å². The second kappa shape index (κ2) is 4.01. The Hall–Kier alpha value is -1.41. The van der Waals surface area contributed by atoms with Gasteiger partial charge in [0.15, 0.2) is 0 Å². The molecule has 2 heteroatoms. The van der Waals surface area contributed by atoms with E-state index in [1.165, 1.54) is 0 Å². The standard InChI is InChI=1S/C10H9NO.CH4/c12-7-8-3-4-9-2-1-5-11-10(9)6-8;/h1-6,12H,7H2;1H4. The van der Waals surface area contributed by atoms with Gasteiger partial charge in [-0.3, -0.25) is 4.98 Å². The third kappa shape index (κ3) is 1.84. The molecule has 0 radical (unpaired) electrons. The summed E-state index contributed by atoms with van der Waals surface area (Å²) >= 11 is 0. The molecule has 0 bridgehead atoms. The van der Waals surface area contributed by atoms with Crippen molar-refractivity contribution >= 4 is 10.9 Å². The fourth-order valence-electron chi connectivity index (χ4n) is 1.21. The fraction of sp³-hybridized carbons (Fsp3) is 0.182. The Morgan fingerprint density at radius 2 is 2.08 bits per heavy atom. The maximum Gasteiger partial charge on any atom is 0.0705 e. The van der Waals surface area contributed by atoms with Crippen LogP contribution in [-0.2, 0) is 6.61 Å². The van der Waals surface area contributed by atoms with Gasteiger partial charge < -0.3 is 5.11 Å². The van der Waals surface area contributed by atoms with E-state index in [2.05, 4.69) is 4.98 Å². The molecule has 2 rings (SSSR count). The van der Waals surface area contributed by atoms with Crippen molar-refractivity contribution < 1.29 is 5.11 Å². The molecule has 68 valence electrons. The highest BCUT2D eigenvalue weighted by molar-refractivity contribution is 5.78. The number of pyridine rings is 1. The molecule has 13 heavy (non-hydrogen) atoms. The minimum absolute atomic E-state index is 0. The first-order chi connectivity index (χ1) is 5.90. The van der Waals surface area contributed by atoms with Crippen LogP contribution in [0.1, 0.15) is 13.0 Å². The largest absolute Gasteiger partial charge is 0.392 e. The molecule has 0 fully saturated rings. The first-order valence-electron chi connectivity index (χ1n) is 3.84. The van der Waals surface area contributed by atoms with Crippen molar-refractivity contribution in [3.8, 4) is 0 Å². The van der Waals surface area contributed by atoms with Crippen molar-refractivity contribution in [1.29, 1.82) is 0 Å². The van der Waals surface area contributed by atoms with E-state index in [0.29, 0.717) is 0 Å². The highest BCUT2D eigenvalue weighted by Crippen LogP contribution is 2.12. The van der Waals surface area contributed by atoms with E-state index in [0.717, 1.165) is 16.5 Å². The van der Waals surface area contributed by atoms with Crippen molar-refractivity contribution in [2.75, 3.05) is 0 Å². The van der Waals surface area contributed by atoms with Gasteiger partial charge >= 0.3 is 0 Å². The zero-order chi connectivity index (χ0) is 8.39. The van der Waals surface area contributed by atoms with Crippen molar-refractivity contribution in [3.05, 3.63) is 42.1 Å². The summed E-state index contributed by atoms with van der Waals surface area (Å²) < 4.78 is 0. The molecule has 2 aromatic rings. The lowest BCUT2D eigenvalue weighted by Crippen LogP contribution is -1.83. The minimum atomic E-state index is 0. The monoisotopic (exact) mass is 175 g/mol. The molecule has 0 spiro atoms. The Kier molecular flexibility index (Phi) is 2.98. The van der Waals surface area contributed by atoms with Crippen LogP contribution in [-0.4, -0.2) is 10.1 Å². The Morgan fingerprint density at radius 3 is 2.85 bits per heavy atom. The quantitative estimate of drug-likeness (QED) is 0.721. The average molecular weight is 175 g/mol. The summed E-state index contributed by atoms with van der Waals surface area (Å²) in [5.74, 6) is 0. The molecule has 0 saturated carbocycles. The zero-order valence-electron chi connectivity index (χ0n) is 6.57. The fourth-order valence-corrected chi connectivity index (χ4v) is 1.21. The highest BCUT2D eigenvalue weighted by atomic mass is 16.3. The van der Waals surface area contributed by atoms with Gasteiger partial charge in [-0.05, 0) is 17.7 Å². The molecule has 0 unspecified atom stereocenters. The number of hydrogen-bond acceptors (Lipinski definition) is 2. The number of benzene rings is 1. The molecule has 1 aromatic heterocycles. The summed E-state index contributed by atoms with van der Waals surface area (Å²) in [7, 11) is 0. The summed E-state index contributed by atoms with van der Waals surface area (Å²) in [5, 5.41) is 9.98. The molecule has 0 aliphatic heterocycles. The second-order valence-electron chi connectivity index (χ2n) is 2.69. The van der Waals surface area contributed by atoms with Gasteiger partial charge in [-0.1, -0.05) is 25.6 Å². The van der Waals surface area contributed by atoms with Gasteiger partial charge in [-0.2, -0.15) is 0 Å². The number of aliphatic hydroxyl groups excluding tert-OH is 1. The third-order valence-electron chi connectivity index (χ3n) is 1.85. The summed E-state index contributed by atoms with van der Waals surface area (Å²) in [6, 6.07) is 9.68. The number of aliphatic hydroxyl groups is 1. The summed E-state index contributed by atoms with van der Waals surface area (Å²) in [4.78, 5) is 4.18. The lowest BCUT2D eigenvalue weighted by molar-refractivity contribution is 0.282. The van der Waals surface area contributed by atoms with E-state index in [-0.39, 0.29) is 14.0 Å². The Balaban J connectivity index is 0.000000845. The molecule has 1 N–H and O–H groups in total. The first-order valence-corrected chi connectivity index (χ1v) is 3.84. The number of aromatic nitrogens is 1. The number of rotatable bonds is 1. The van der Waals surface area contributed by atoms with Crippen molar-refractivity contribution in [1.82, 2.24) is 4.98 Å². The smallest absolute Gasteiger partial charge is 0.0705 e. The molecule has 1 heterocycles. The van der Waals surface area contributed by atoms with Crippen LogP contribution in [0.15, 0.2) is 36.5 Å². The van der Waals surface area contributed by atoms with E-state index in [1.807, 2.05) is 30.3 Å². The van der Waals surface area contributed by atoms with Gasteiger partial charge in [0.2, 0.25) is 0 Å². The first kappa shape index (κ1) is 9.68. The maximum absolute atomic E-state index is 8.87. The lowest BCUT2D eigenvalue weighted by atomic mass is 10.1.